The summed E-state index contributed by atoms with van der Waals surface area (Å²) < 4.78 is 0. The van der Waals surface area contributed by atoms with E-state index in [9.17, 15) is 0 Å². The third kappa shape index (κ3) is 3.26. The number of likely N-dealkylation sites (tertiary alicyclic amines) is 1. The summed E-state index contributed by atoms with van der Waals surface area (Å²) in [6.07, 6.45) is 3.80. The fraction of sp³-hybridized carbons (Fsp3) is 0.333. The number of halogens is 2. The molecule has 0 bridgehead atoms. The van der Waals surface area contributed by atoms with Gasteiger partial charge in [-0.3, -0.25) is 4.90 Å². The van der Waals surface area contributed by atoms with E-state index in [1.165, 1.54) is 19.3 Å². The Bertz CT molecular complexity index is 560. The van der Waals surface area contributed by atoms with Crippen LogP contribution in [-0.4, -0.2) is 18.0 Å². The van der Waals surface area contributed by atoms with E-state index in [1.807, 2.05) is 24.3 Å². The summed E-state index contributed by atoms with van der Waals surface area (Å²) in [4.78, 5) is 2.51. The molecule has 1 aliphatic rings. The zero-order valence-electron chi connectivity index (χ0n) is 11.9. The summed E-state index contributed by atoms with van der Waals surface area (Å²) in [5.41, 5.74) is 2.29. The number of nitrogens with zero attached hydrogens (tertiary/aromatic N) is 1. The molecule has 0 atom stereocenters. The first-order chi connectivity index (χ1) is 10.3. The number of hydrogen-bond donors (Lipinski definition) is 0. The maximum absolute atomic E-state index is 6.47. The zero-order chi connectivity index (χ0) is 14.7. The Morgan fingerprint density at radius 2 is 1.19 bits per heavy atom. The fourth-order valence-corrected chi connectivity index (χ4v) is 3.61. The SMILES string of the molecule is Clc1ccccc1C(c1ccccc1Cl)N1CCCCC1. The summed E-state index contributed by atoms with van der Waals surface area (Å²) in [6, 6.07) is 16.4. The van der Waals surface area contributed by atoms with E-state index in [2.05, 4.69) is 29.2 Å². The van der Waals surface area contributed by atoms with Crippen molar-refractivity contribution in [3.05, 3.63) is 69.7 Å². The van der Waals surface area contributed by atoms with Crippen molar-refractivity contribution in [2.24, 2.45) is 0 Å². The van der Waals surface area contributed by atoms with Gasteiger partial charge in [0, 0.05) is 10.0 Å². The van der Waals surface area contributed by atoms with E-state index < -0.39 is 0 Å². The summed E-state index contributed by atoms with van der Waals surface area (Å²) in [5, 5.41) is 1.63. The Morgan fingerprint density at radius 3 is 1.67 bits per heavy atom. The lowest BCUT2D eigenvalue weighted by Crippen LogP contribution is -2.34. The van der Waals surface area contributed by atoms with E-state index >= 15 is 0 Å². The lowest BCUT2D eigenvalue weighted by molar-refractivity contribution is 0.187. The smallest absolute Gasteiger partial charge is 0.0631 e. The van der Waals surface area contributed by atoms with Crippen LogP contribution in [-0.2, 0) is 0 Å². The van der Waals surface area contributed by atoms with E-state index in [4.69, 9.17) is 23.2 Å². The molecule has 0 N–H and O–H groups in total. The lowest BCUT2D eigenvalue weighted by Gasteiger charge is -2.36. The van der Waals surface area contributed by atoms with Gasteiger partial charge in [0.15, 0.2) is 0 Å². The molecule has 0 aromatic heterocycles. The predicted molar refractivity (Wildman–Crippen MR) is 90.2 cm³/mol. The van der Waals surface area contributed by atoms with Gasteiger partial charge in [0.25, 0.3) is 0 Å². The monoisotopic (exact) mass is 319 g/mol. The van der Waals surface area contributed by atoms with Crippen LogP contribution in [0.3, 0.4) is 0 Å². The average molecular weight is 320 g/mol. The molecule has 0 saturated carbocycles. The molecule has 0 unspecified atom stereocenters. The van der Waals surface area contributed by atoms with Crippen molar-refractivity contribution in [1.82, 2.24) is 4.90 Å². The van der Waals surface area contributed by atoms with Gasteiger partial charge in [-0.15, -0.1) is 0 Å². The standard InChI is InChI=1S/C18H19Cl2N/c19-16-10-4-2-8-14(16)18(21-12-6-1-7-13-21)15-9-3-5-11-17(15)20/h2-5,8-11,18H,1,6-7,12-13H2. The van der Waals surface area contributed by atoms with Gasteiger partial charge < -0.3 is 0 Å². The van der Waals surface area contributed by atoms with Crippen LogP contribution in [0, 0.1) is 0 Å². The quantitative estimate of drug-likeness (QED) is 0.715. The molecular weight excluding hydrogens is 301 g/mol. The van der Waals surface area contributed by atoms with Crippen LogP contribution in [0.25, 0.3) is 0 Å². The molecule has 3 rings (SSSR count). The van der Waals surface area contributed by atoms with Gasteiger partial charge in [-0.2, -0.15) is 0 Å². The van der Waals surface area contributed by atoms with E-state index in [0.717, 1.165) is 34.3 Å². The van der Waals surface area contributed by atoms with Gasteiger partial charge in [-0.25, -0.2) is 0 Å². The van der Waals surface area contributed by atoms with Gasteiger partial charge in [-0.05, 0) is 49.2 Å². The molecule has 0 radical (unpaired) electrons. The van der Waals surface area contributed by atoms with Crippen molar-refractivity contribution in [3.8, 4) is 0 Å². The highest BCUT2D eigenvalue weighted by Crippen LogP contribution is 2.37. The summed E-state index contributed by atoms with van der Waals surface area (Å²) in [7, 11) is 0. The Morgan fingerprint density at radius 1 is 0.714 bits per heavy atom. The maximum atomic E-state index is 6.47. The highest BCUT2D eigenvalue weighted by molar-refractivity contribution is 6.32. The molecule has 0 aliphatic carbocycles. The first kappa shape index (κ1) is 14.9. The minimum absolute atomic E-state index is 0.146. The molecule has 21 heavy (non-hydrogen) atoms. The molecular formula is C18H19Cl2N. The van der Waals surface area contributed by atoms with Crippen LogP contribution in [0.15, 0.2) is 48.5 Å². The van der Waals surface area contributed by atoms with Crippen molar-refractivity contribution in [1.29, 1.82) is 0 Å². The number of hydrogen-bond acceptors (Lipinski definition) is 1. The van der Waals surface area contributed by atoms with Gasteiger partial charge >= 0.3 is 0 Å². The minimum Gasteiger partial charge on any atom is -0.292 e. The molecule has 110 valence electrons. The van der Waals surface area contributed by atoms with Crippen LogP contribution in [0.4, 0.5) is 0 Å². The largest absolute Gasteiger partial charge is 0.292 e. The van der Waals surface area contributed by atoms with Crippen LogP contribution in [0.2, 0.25) is 10.0 Å². The Kier molecular flexibility index (Phi) is 4.84. The molecule has 1 aliphatic heterocycles. The second-order valence-electron chi connectivity index (χ2n) is 5.54. The molecule has 1 nitrogen and oxygen atoms in total. The van der Waals surface area contributed by atoms with E-state index in [0.29, 0.717) is 0 Å². The van der Waals surface area contributed by atoms with Crippen molar-refractivity contribution in [3.63, 3.8) is 0 Å². The molecule has 1 heterocycles. The van der Waals surface area contributed by atoms with Crippen LogP contribution in [0.5, 0.6) is 0 Å². The zero-order valence-corrected chi connectivity index (χ0v) is 13.4. The first-order valence-electron chi connectivity index (χ1n) is 7.50. The third-order valence-electron chi connectivity index (χ3n) is 4.16. The molecule has 1 fully saturated rings. The molecule has 0 spiro atoms. The van der Waals surface area contributed by atoms with Crippen LogP contribution in [0.1, 0.15) is 36.4 Å². The minimum atomic E-state index is 0.146. The Hall–Kier alpha value is -1.02. The number of piperidine rings is 1. The van der Waals surface area contributed by atoms with Crippen LogP contribution >= 0.6 is 23.2 Å². The lowest BCUT2D eigenvalue weighted by atomic mass is 9.95. The second-order valence-corrected chi connectivity index (χ2v) is 6.36. The molecule has 2 aromatic carbocycles. The average Bonchev–Trinajstić information content (AvgIpc) is 2.52. The highest BCUT2D eigenvalue weighted by Gasteiger charge is 2.26. The van der Waals surface area contributed by atoms with Crippen molar-refractivity contribution < 1.29 is 0 Å². The number of benzene rings is 2. The molecule has 1 saturated heterocycles. The third-order valence-corrected chi connectivity index (χ3v) is 4.84. The summed E-state index contributed by atoms with van der Waals surface area (Å²) in [5.74, 6) is 0. The van der Waals surface area contributed by atoms with E-state index in [-0.39, 0.29) is 6.04 Å². The predicted octanol–water partition coefficient (Wildman–Crippen LogP) is 5.57. The van der Waals surface area contributed by atoms with Gasteiger partial charge in [0.05, 0.1) is 6.04 Å². The molecule has 2 aromatic rings. The van der Waals surface area contributed by atoms with Gasteiger partial charge in [0.2, 0.25) is 0 Å². The summed E-state index contributed by atoms with van der Waals surface area (Å²) >= 11 is 12.9. The second kappa shape index (κ2) is 6.83. The topological polar surface area (TPSA) is 3.24 Å². The van der Waals surface area contributed by atoms with Crippen molar-refractivity contribution >= 4 is 23.2 Å². The van der Waals surface area contributed by atoms with Gasteiger partial charge in [0.1, 0.15) is 0 Å². The summed E-state index contributed by atoms with van der Waals surface area (Å²) in [6.45, 7) is 2.20. The molecule has 0 amide bonds. The number of rotatable bonds is 3. The molecule has 3 heteroatoms. The Labute approximate surface area is 136 Å². The first-order valence-corrected chi connectivity index (χ1v) is 8.26. The highest BCUT2D eigenvalue weighted by atomic mass is 35.5. The van der Waals surface area contributed by atoms with Crippen LogP contribution < -0.4 is 0 Å². The normalized spacial score (nSPS) is 16.3. The maximum Gasteiger partial charge on any atom is 0.0631 e. The Balaban J connectivity index is 2.07. The van der Waals surface area contributed by atoms with Gasteiger partial charge in [-0.1, -0.05) is 66.0 Å². The fourth-order valence-electron chi connectivity index (χ4n) is 3.13. The van der Waals surface area contributed by atoms with E-state index in [1.54, 1.807) is 0 Å². The van der Waals surface area contributed by atoms with Crippen molar-refractivity contribution in [2.45, 2.75) is 25.3 Å². The van der Waals surface area contributed by atoms with Crippen molar-refractivity contribution in [2.75, 3.05) is 13.1 Å².